The Bertz CT molecular complexity index is 626. The van der Waals surface area contributed by atoms with Crippen molar-refractivity contribution in [3.8, 4) is 5.75 Å². The van der Waals surface area contributed by atoms with Crippen molar-refractivity contribution in [1.82, 2.24) is 4.98 Å². The number of anilines is 1. The minimum absolute atomic E-state index is 0.0303. The van der Waals surface area contributed by atoms with E-state index in [0.717, 1.165) is 29.5 Å². The van der Waals surface area contributed by atoms with Gasteiger partial charge >= 0.3 is 5.97 Å². The summed E-state index contributed by atoms with van der Waals surface area (Å²) < 4.78 is 5.71. The van der Waals surface area contributed by atoms with Crippen molar-refractivity contribution in [2.24, 2.45) is 0 Å². The van der Waals surface area contributed by atoms with E-state index in [2.05, 4.69) is 9.88 Å². The van der Waals surface area contributed by atoms with Crippen molar-refractivity contribution >= 4 is 22.4 Å². The Balaban J connectivity index is 1.80. The second kappa shape index (κ2) is 5.50. The Morgan fingerprint density at radius 3 is 3.15 bits per heavy atom. The van der Waals surface area contributed by atoms with Gasteiger partial charge in [0.05, 0.1) is 18.7 Å². The predicted molar refractivity (Wildman–Crippen MR) is 76.4 cm³/mol. The molecule has 1 aliphatic heterocycles. The summed E-state index contributed by atoms with van der Waals surface area (Å²) in [6, 6.07) is 7.96. The number of para-hydroxylation sites is 1. The number of rotatable bonds is 3. The van der Waals surface area contributed by atoms with Gasteiger partial charge in [-0.05, 0) is 6.07 Å². The number of carboxylic acids is 1. The van der Waals surface area contributed by atoms with Crippen LogP contribution in [-0.2, 0) is 17.8 Å². The Kier molecular flexibility index (Phi) is 3.56. The molecule has 1 aromatic heterocycles. The number of thiazole rings is 1. The fourth-order valence-corrected chi connectivity index (χ4v) is 3.02. The molecular formula is C14H14N2O3S. The van der Waals surface area contributed by atoms with Gasteiger partial charge in [-0.25, -0.2) is 4.98 Å². The first-order valence-corrected chi connectivity index (χ1v) is 7.22. The van der Waals surface area contributed by atoms with Crippen LogP contribution < -0.4 is 9.64 Å². The summed E-state index contributed by atoms with van der Waals surface area (Å²) in [6.07, 6.45) is -0.0303. The number of fused-ring (bicyclic) bond motifs is 1. The second-order valence-electron chi connectivity index (χ2n) is 4.57. The van der Waals surface area contributed by atoms with Crippen molar-refractivity contribution in [3.63, 3.8) is 0 Å². The molecule has 0 fully saturated rings. The molecule has 0 radical (unpaired) electrons. The maximum Gasteiger partial charge on any atom is 0.309 e. The smallest absolute Gasteiger partial charge is 0.309 e. The Morgan fingerprint density at radius 2 is 2.30 bits per heavy atom. The Hall–Kier alpha value is -2.08. The van der Waals surface area contributed by atoms with Crippen molar-refractivity contribution in [2.45, 2.75) is 13.0 Å². The molecule has 5 nitrogen and oxygen atoms in total. The lowest BCUT2D eigenvalue weighted by atomic mass is 10.2. The Labute approximate surface area is 120 Å². The lowest BCUT2D eigenvalue weighted by Crippen LogP contribution is -2.25. The molecule has 0 unspecified atom stereocenters. The van der Waals surface area contributed by atoms with Gasteiger partial charge in [0.15, 0.2) is 5.13 Å². The normalized spacial score (nSPS) is 14.3. The second-order valence-corrected chi connectivity index (χ2v) is 5.41. The summed E-state index contributed by atoms with van der Waals surface area (Å²) in [5.41, 5.74) is 1.73. The van der Waals surface area contributed by atoms with Gasteiger partial charge in [-0.1, -0.05) is 18.2 Å². The van der Waals surface area contributed by atoms with Crippen LogP contribution in [0.4, 0.5) is 5.13 Å². The molecule has 3 rings (SSSR count). The maximum absolute atomic E-state index is 10.7. The molecule has 20 heavy (non-hydrogen) atoms. The zero-order chi connectivity index (χ0) is 13.9. The summed E-state index contributed by atoms with van der Waals surface area (Å²) in [5, 5.41) is 11.4. The molecule has 0 saturated carbocycles. The van der Waals surface area contributed by atoms with Crippen LogP contribution >= 0.6 is 11.3 Å². The van der Waals surface area contributed by atoms with Crippen molar-refractivity contribution in [1.29, 1.82) is 0 Å². The highest BCUT2D eigenvalue weighted by Gasteiger charge is 2.18. The third-order valence-corrected chi connectivity index (χ3v) is 4.05. The Morgan fingerprint density at radius 1 is 1.45 bits per heavy atom. The van der Waals surface area contributed by atoms with Crippen LogP contribution in [0.5, 0.6) is 5.75 Å². The SMILES string of the molecule is O=C(O)Cc1csc(N2CCOc3ccccc3C2)n1. The molecule has 1 aromatic carbocycles. The average molecular weight is 290 g/mol. The molecule has 0 spiro atoms. The van der Waals surface area contributed by atoms with E-state index in [1.165, 1.54) is 11.3 Å². The van der Waals surface area contributed by atoms with Gasteiger partial charge in [0.25, 0.3) is 0 Å². The van der Waals surface area contributed by atoms with Crippen LogP contribution in [0.3, 0.4) is 0 Å². The molecule has 1 N–H and O–H groups in total. The third kappa shape index (κ3) is 2.75. The molecular weight excluding hydrogens is 276 g/mol. The van der Waals surface area contributed by atoms with Gasteiger partial charge in [-0.3, -0.25) is 4.79 Å². The zero-order valence-corrected chi connectivity index (χ0v) is 11.6. The molecule has 104 valence electrons. The molecule has 6 heteroatoms. The topological polar surface area (TPSA) is 62.7 Å². The van der Waals surface area contributed by atoms with Crippen LogP contribution in [0.1, 0.15) is 11.3 Å². The largest absolute Gasteiger partial charge is 0.491 e. The van der Waals surface area contributed by atoms with Crippen molar-refractivity contribution < 1.29 is 14.6 Å². The van der Waals surface area contributed by atoms with Gasteiger partial charge in [0.2, 0.25) is 0 Å². The standard InChI is InChI=1S/C14H14N2O3S/c17-13(18)7-11-9-20-14(15-11)16-5-6-19-12-4-2-1-3-10(12)8-16/h1-4,9H,5-8H2,(H,17,18). The summed E-state index contributed by atoms with van der Waals surface area (Å²) in [5.74, 6) is 0.0590. The minimum atomic E-state index is -0.855. The van der Waals surface area contributed by atoms with Crippen LogP contribution in [0, 0.1) is 0 Å². The first-order chi connectivity index (χ1) is 9.72. The molecule has 0 bridgehead atoms. The van der Waals surface area contributed by atoms with Crippen molar-refractivity contribution in [3.05, 3.63) is 40.9 Å². The fourth-order valence-electron chi connectivity index (χ4n) is 2.17. The number of hydrogen-bond acceptors (Lipinski definition) is 5. The number of ether oxygens (including phenoxy) is 1. The number of carbonyl (C=O) groups is 1. The van der Waals surface area contributed by atoms with E-state index in [1.54, 1.807) is 5.38 Å². The quantitative estimate of drug-likeness (QED) is 0.938. The van der Waals surface area contributed by atoms with Crippen LogP contribution in [0.15, 0.2) is 29.6 Å². The molecule has 0 atom stereocenters. The van der Waals surface area contributed by atoms with Gasteiger partial charge in [-0.2, -0.15) is 0 Å². The van der Waals surface area contributed by atoms with Crippen LogP contribution in [-0.4, -0.2) is 29.2 Å². The van der Waals surface area contributed by atoms with Crippen LogP contribution in [0.25, 0.3) is 0 Å². The van der Waals surface area contributed by atoms with E-state index >= 15 is 0 Å². The number of carboxylic acid groups (broad SMARTS) is 1. The van der Waals surface area contributed by atoms with Gasteiger partial charge in [-0.15, -0.1) is 11.3 Å². The van der Waals surface area contributed by atoms with E-state index in [-0.39, 0.29) is 6.42 Å². The van der Waals surface area contributed by atoms with Gasteiger partial charge in [0, 0.05) is 17.5 Å². The number of nitrogens with zero attached hydrogens (tertiary/aromatic N) is 2. The monoisotopic (exact) mass is 290 g/mol. The van der Waals surface area contributed by atoms with E-state index < -0.39 is 5.97 Å². The number of hydrogen-bond donors (Lipinski definition) is 1. The molecule has 1 aliphatic rings. The van der Waals surface area contributed by atoms with E-state index in [0.29, 0.717) is 12.3 Å². The summed E-state index contributed by atoms with van der Waals surface area (Å²) in [6.45, 7) is 2.08. The van der Waals surface area contributed by atoms with E-state index in [4.69, 9.17) is 9.84 Å². The maximum atomic E-state index is 10.7. The van der Waals surface area contributed by atoms with Crippen molar-refractivity contribution in [2.75, 3.05) is 18.1 Å². The lowest BCUT2D eigenvalue weighted by Gasteiger charge is -2.18. The summed E-state index contributed by atoms with van der Waals surface area (Å²) in [4.78, 5) is 17.2. The van der Waals surface area contributed by atoms with Crippen LogP contribution in [0.2, 0.25) is 0 Å². The molecule has 0 saturated heterocycles. The first-order valence-electron chi connectivity index (χ1n) is 6.34. The number of aromatic nitrogens is 1. The minimum Gasteiger partial charge on any atom is -0.491 e. The fraction of sp³-hybridized carbons (Fsp3) is 0.286. The lowest BCUT2D eigenvalue weighted by molar-refractivity contribution is -0.136. The number of aliphatic carboxylic acids is 1. The highest BCUT2D eigenvalue weighted by atomic mass is 32.1. The summed E-state index contributed by atoms with van der Waals surface area (Å²) >= 11 is 1.48. The third-order valence-electron chi connectivity index (χ3n) is 3.10. The van der Waals surface area contributed by atoms with Gasteiger partial charge in [0.1, 0.15) is 12.4 Å². The number of benzene rings is 1. The van der Waals surface area contributed by atoms with Gasteiger partial charge < -0.3 is 14.7 Å². The molecule has 0 aliphatic carbocycles. The molecule has 2 heterocycles. The van der Waals surface area contributed by atoms with E-state index in [9.17, 15) is 4.79 Å². The molecule has 2 aromatic rings. The van der Waals surface area contributed by atoms with E-state index in [1.807, 2.05) is 24.3 Å². The predicted octanol–water partition coefficient (Wildman–Crippen LogP) is 2.17. The molecule has 0 amide bonds. The zero-order valence-electron chi connectivity index (χ0n) is 10.8. The highest BCUT2D eigenvalue weighted by Crippen LogP contribution is 2.28. The highest BCUT2D eigenvalue weighted by molar-refractivity contribution is 7.13. The summed E-state index contributed by atoms with van der Waals surface area (Å²) in [7, 11) is 0. The average Bonchev–Trinajstić information content (AvgIpc) is 2.76. The first kappa shape index (κ1) is 12.9.